The molecule has 10 heteroatoms. The number of aromatic nitrogens is 6. The quantitative estimate of drug-likeness (QED) is 0.572. The molecule has 0 saturated heterocycles. The third kappa shape index (κ3) is 5.05. The first-order chi connectivity index (χ1) is 12.1. The summed E-state index contributed by atoms with van der Waals surface area (Å²) in [7, 11) is 14.8. The molecule has 3 heterocycles. The number of rotatable bonds is 3. The van der Waals surface area contributed by atoms with Crippen molar-refractivity contribution in [2.45, 2.75) is 47.8 Å². The van der Waals surface area contributed by atoms with E-state index in [1.165, 1.54) is 0 Å². The van der Waals surface area contributed by atoms with Crippen molar-refractivity contribution in [2.75, 3.05) is 0 Å². The second kappa shape index (κ2) is 8.81. The second-order valence-corrected chi connectivity index (χ2v) is 12.5. The van der Waals surface area contributed by atoms with Crippen molar-refractivity contribution in [3.63, 3.8) is 0 Å². The summed E-state index contributed by atoms with van der Waals surface area (Å²) in [4.78, 5) is 0. The molecule has 26 heavy (non-hydrogen) atoms. The van der Waals surface area contributed by atoms with Gasteiger partial charge in [0.2, 0.25) is 6.29 Å². The van der Waals surface area contributed by atoms with E-state index in [9.17, 15) is 0 Å². The molecular weight excluding hydrogens is 435 g/mol. The first-order valence-corrected chi connectivity index (χ1v) is 13.2. The Morgan fingerprint density at radius 1 is 0.654 bits per heavy atom. The Balaban J connectivity index is 0.000000552. The third-order valence-electron chi connectivity index (χ3n) is 3.79. The summed E-state index contributed by atoms with van der Waals surface area (Å²) in [6.07, 6.45) is -0.226. The van der Waals surface area contributed by atoms with Crippen LogP contribution in [-0.4, -0.2) is 29.3 Å². The van der Waals surface area contributed by atoms with Gasteiger partial charge in [0.25, 0.3) is 0 Å². The van der Waals surface area contributed by atoms with Crippen LogP contribution in [0.15, 0.2) is 18.2 Å². The topological polar surface area (TPSA) is 53.5 Å². The number of hydrogen-bond acceptors (Lipinski definition) is 3. The van der Waals surface area contributed by atoms with Gasteiger partial charge in [0.1, 0.15) is 0 Å². The van der Waals surface area contributed by atoms with Crippen LogP contribution in [0.5, 0.6) is 0 Å². The van der Waals surface area contributed by atoms with Crippen LogP contribution in [0.1, 0.15) is 40.5 Å². The van der Waals surface area contributed by atoms with Crippen molar-refractivity contribution < 1.29 is 11.4 Å². The second-order valence-electron chi connectivity index (χ2n) is 6.14. The van der Waals surface area contributed by atoms with Gasteiger partial charge in [-0.15, -0.1) is 0 Å². The van der Waals surface area contributed by atoms with Crippen molar-refractivity contribution in [3.05, 3.63) is 52.4 Å². The van der Waals surface area contributed by atoms with Gasteiger partial charge in [-0.25, -0.2) is 14.0 Å². The first-order valence-electron chi connectivity index (χ1n) is 7.91. The van der Waals surface area contributed by atoms with Crippen LogP contribution >= 0.6 is 30.1 Å². The maximum absolute atomic E-state index is 4.93. The van der Waals surface area contributed by atoms with Gasteiger partial charge in [-0.05, 0) is 59.7 Å². The third-order valence-corrected chi connectivity index (χ3v) is 3.79. The van der Waals surface area contributed by atoms with Crippen LogP contribution in [0, 0.1) is 41.5 Å². The fourth-order valence-electron chi connectivity index (χ4n) is 2.95. The maximum atomic E-state index is 4.93. The van der Waals surface area contributed by atoms with Gasteiger partial charge in [-0.3, -0.25) is 0 Å². The zero-order valence-electron chi connectivity index (χ0n) is 15.5. The molecular formula is C16H22Cl3CrN6. The minimum absolute atomic E-state index is 0.226. The molecule has 0 aliphatic carbocycles. The summed E-state index contributed by atoms with van der Waals surface area (Å²) >= 11 is -1.62. The van der Waals surface area contributed by atoms with Crippen molar-refractivity contribution >= 4 is 30.1 Å². The van der Waals surface area contributed by atoms with Crippen LogP contribution in [0.3, 0.4) is 0 Å². The summed E-state index contributed by atoms with van der Waals surface area (Å²) < 4.78 is 5.94. The first kappa shape index (κ1) is 21.3. The van der Waals surface area contributed by atoms with E-state index < -0.39 is 11.4 Å². The Morgan fingerprint density at radius 3 is 1.04 bits per heavy atom. The van der Waals surface area contributed by atoms with E-state index in [0.29, 0.717) is 0 Å². The van der Waals surface area contributed by atoms with Gasteiger partial charge in [0.05, 0.1) is 17.1 Å². The van der Waals surface area contributed by atoms with Crippen molar-refractivity contribution in [3.8, 4) is 0 Å². The Hall–Kier alpha value is -0.968. The molecule has 0 aliphatic rings. The predicted octanol–water partition coefficient (Wildman–Crippen LogP) is 4.75. The fraction of sp³-hybridized carbons (Fsp3) is 0.438. The van der Waals surface area contributed by atoms with E-state index in [4.69, 9.17) is 30.1 Å². The zero-order valence-corrected chi connectivity index (χ0v) is 19.1. The van der Waals surface area contributed by atoms with Crippen LogP contribution in [0.25, 0.3) is 0 Å². The molecule has 143 valence electrons. The molecule has 0 radical (unpaired) electrons. The summed E-state index contributed by atoms with van der Waals surface area (Å²) in [5.74, 6) is 0. The van der Waals surface area contributed by atoms with Crippen LogP contribution in [0.4, 0.5) is 0 Å². The molecule has 0 fully saturated rings. The van der Waals surface area contributed by atoms with Crippen molar-refractivity contribution in [1.29, 1.82) is 0 Å². The van der Waals surface area contributed by atoms with Crippen molar-refractivity contribution in [1.82, 2.24) is 29.3 Å². The molecule has 0 amide bonds. The zero-order chi connectivity index (χ0) is 19.6. The van der Waals surface area contributed by atoms with E-state index in [0.717, 1.165) is 34.2 Å². The molecule has 3 aromatic rings. The summed E-state index contributed by atoms with van der Waals surface area (Å²) in [5.41, 5.74) is 6.23. The van der Waals surface area contributed by atoms with Gasteiger partial charge in [-0.2, -0.15) is 15.3 Å². The molecule has 3 rings (SSSR count). The standard InChI is InChI=1S/C16H22N6.3ClH.Cr/c1-10-7-13(4)20(17-10)16(21-14(5)8-11(2)18-21)22-15(6)9-12(3)19-22;;;;/h7-9,16H,1-6H3;3*1H;/q;;;;+3/p-3. The van der Waals surface area contributed by atoms with Crippen LogP contribution < -0.4 is 0 Å². The van der Waals surface area contributed by atoms with Gasteiger partial charge < -0.3 is 0 Å². The molecule has 0 saturated carbocycles. The van der Waals surface area contributed by atoms with E-state index in [-0.39, 0.29) is 6.29 Å². The average Bonchev–Trinajstić information content (AvgIpc) is 3.10. The van der Waals surface area contributed by atoms with Crippen LogP contribution in [0.2, 0.25) is 0 Å². The number of halogens is 3. The number of aryl methyl sites for hydroxylation is 6. The van der Waals surface area contributed by atoms with E-state index in [1.54, 1.807) is 0 Å². The summed E-state index contributed by atoms with van der Waals surface area (Å²) in [5, 5.41) is 14.0. The summed E-state index contributed by atoms with van der Waals surface area (Å²) in [6, 6.07) is 6.22. The Bertz CT molecular complexity index is 770. The minimum atomic E-state index is -1.62. The van der Waals surface area contributed by atoms with E-state index >= 15 is 0 Å². The van der Waals surface area contributed by atoms with E-state index in [2.05, 4.69) is 54.3 Å². The number of hydrogen-bond donors (Lipinski definition) is 0. The van der Waals surface area contributed by atoms with Crippen molar-refractivity contribution in [2.24, 2.45) is 0 Å². The molecule has 0 unspecified atom stereocenters. The van der Waals surface area contributed by atoms with Gasteiger partial charge in [0.15, 0.2) is 0 Å². The predicted molar refractivity (Wildman–Crippen MR) is 102 cm³/mol. The molecule has 0 N–H and O–H groups in total. The fourth-order valence-corrected chi connectivity index (χ4v) is 2.95. The SMILES string of the molecule is Cc1cc(C)n(C(n2nc(C)cc2C)n2nc(C)cc2C)n1.[Cl][Cr]([Cl])[Cl]. The van der Waals surface area contributed by atoms with Gasteiger partial charge in [0, 0.05) is 17.1 Å². The van der Waals surface area contributed by atoms with Gasteiger partial charge >= 0.3 is 41.5 Å². The Labute approximate surface area is 170 Å². The normalized spacial score (nSPS) is 11.2. The number of nitrogens with zero attached hydrogens (tertiary/aromatic N) is 6. The average molecular weight is 457 g/mol. The Morgan fingerprint density at radius 2 is 0.885 bits per heavy atom. The molecule has 0 bridgehead atoms. The molecule has 6 nitrogen and oxygen atoms in total. The molecule has 0 aromatic carbocycles. The van der Waals surface area contributed by atoms with Gasteiger partial charge in [-0.1, -0.05) is 0 Å². The molecule has 0 spiro atoms. The summed E-state index contributed by atoms with van der Waals surface area (Å²) in [6.45, 7) is 12.2. The van der Waals surface area contributed by atoms with Crippen LogP contribution in [-0.2, 0) is 11.4 Å². The molecule has 0 aliphatic heterocycles. The van der Waals surface area contributed by atoms with E-state index in [1.807, 2.05) is 34.8 Å². The Kier molecular flexibility index (Phi) is 7.23. The molecule has 3 aromatic heterocycles. The monoisotopic (exact) mass is 455 g/mol. The molecule has 0 atom stereocenters.